The number of carbonyl (C=O) groups is 3. The molecule has 0 unspecified atom stereocenters. The Hall–Kier alpha value is -5.90. The van der Waals surface area contributed by atoms with Gasteiger partial charge in [-0.2, -0.15) is 0 Å². The van der Waals surface area contributed by atoms with Gasteiger partial charge in [0.2, 0.25) is 0 Å². The van der Waals surface area contributed by atoms with E-state index in [-0.39, 0.29) is 23.7 Å². The number of aromatic amines is 2. The van der Waals surface area contributed by atoms with Crippen LogP contribution < -0.4 is 10.7 Å². The molecule has 0 fully saturated rings. The van der Waals surface area contributed by atoms with Crippen LogP contribution in [0.3, 0.4) is 0 Å². The number of hydrogen-bond acceptors (Lipinski definition) is 8. The summed E-state index contributed by atoms with van der Waals surface area (Å²) in [7, 11) is 3.93. The smallest absolute Gasteiger partial charge is 0.334 e. The van der Waals surface area contributed by atoms with Crippen molar-refractivity contribution in [3.63, 3.8) is 0 Å². The first-order chi connectivity index (χ1) is 26.6. The van der Waals surface area contributed by atoms with Crippen LogP contribution in [0.1, 0.15) is 81.1 Å². The van der Waals surface area contributed by atoms with Crippen molar-refractivity contribution in [2.75, 3.05) is 21.3 Å². The van der Waals surface area contributed by atoms with Crippen molar-refractivity contribution >= 4 is 41.8 Å². The van der Waals surface area contributed by atoms with Crippen molar-refractivity contribution in [1.29, 1.82) is 0 Å². The lowest BCUT2D eigenvalue weighted by molar-refractivity contribution is -0.149. The Morgan fingerprint density at radius 3 is 2.16 bits per heavy atom. The van der Waals surface area contributed by atoms with Gasteiger partial charge >= 0.3 is 17.9 Å². The van der Waals surface area contributed by atoms with E-state index in [4.69, 9.17) is 19.2 Å². The number of nitrogens with one attached hydrogen (secondary N) is 2. The number of aliphatic hydroxyl groups excluding tert-OH is 1. The zero-order valence-corrected chi connectivity index (χ0v) is 34.4. The van der Waals surface area contributed by atoms with Gasteiger partial charge < -0.3 is 29.3 Å². The first-order valence-electron chi connectivity index (χ1n) is 18.8. The first-order valence-corrected chi connectivity index (χ1v) is 18.8. The Morgan fingerprint density at radius 1 is 0.875 bits per heavy atom. The fourth-order valence-corrected chi connectivity index (χ4v) is 7.70. The number of hydrogen-bond donors (Lipinski definition) is 3. The summed E-state index contributed by atoms with van der Waals surface area (Å²) >= 11 is 0. The van der Waals surface area contributed by atoms with Crippen LogP contribution in [0.5, 0.6) is 0 Å². The second-order valence-electron chi connectivity index (χ2n) is 14.0. The monoisotopic (exact) mass is 761 g/mol. The van der Waals surface area contributed by atoms with Crippen LogP contribution in [-0.2, 0) is 41.4 Å². The van der Waals surface area contributed by atoms with Crippen LogP contribution in [0.25, 0.3) is 18.2 Å². The third kappa shape index (κ3) is 8.05. The predicted octanol–water partition coefficient (Wildman–Crippen LogP) is 7.35. The molecule has 0 aromatic carbocycles. The maximum Gasteiger partial charge on any atom is 0.334 e. The van der Waals surface area contributed by atoms with Crippen molar-refractivity contribution in [3.05, 3.63) is 133 Å². The summed E-state index contributed by atoms with van der Waals surface area (Å²) < 4.78 is 15.4. The van der Waals surface area contributed by atoms with Crippen molar-refractivity contribution < 1.29 is 33.7 Å². The number of allylic oxidation sites excluding steroid dienone is 10. The third-order valence-corrected chi connectivity index (χ3v) is 10.9. The lowest BCUT2D eigenvalue weighted by atomic mass is 9.63. The molecular weight excluding hydrogens is 707 g/mol. The van der Waals surface area contributed by atoms with Gasteiger partial charge in [-0.15, -0.1) is 0 Å². The highest BCUT2D eigenvalue weighted by Crippen LogP contribution is 2.52. The van der Waals surface area contributed by atoms with Gasteiger partial charge in [-0.3, -0.25) is 14.6 Å². The number of aliphatic imine (C=N–C) groups is 1. The Labute approximate surface area is 329 Å². The van der Waals surface area contributed by atoms with E-state index >= 15 is 0 Å². The number of methoxy groups -OCH3 is 3. The van der Waals surface area contributed by atoms with E-state index < -0.39 is 23.3 Å². The van der Waals surface area contributed by atoms with Crippen LogP contribution in [0.4, 0.5) is 0 Å². The second kappa shape index (κ2) is 17.7. The minimum Gasteiger partial charge on any atom is -0.513 e. The molecule has 1 aliphatic carbocycles. The number of nitrogens with zero attached hydrogens (tertiary/aromatic N) is 1. The fraction of sp³-hybridized carbons (Fsp3) is 0.348. The van der Waals surface area contributed by atoms with E-state index in [1.54, 1.807) is 12.2 Å². The zero-order valence-electron chi connectivity index (χ0n) is 34.4. The van der Waals surface area contributed by atoms with E-state index in [2.05, 4.69) is 35.8 Å². The lowest BCUT2D eigenvalue weighted by Crippen LogP contribution is -2.44. The minimum absolute atomic E-state index is 0.0894. The Balaban J connectivity index is 0.00000342. The predicted molar refractivity (Wildman–Crippen MR) is 223 cm³/mol. The molecule has 0 amide bonds. The fourth-order valence-electron chi connectivity index (χ4n) is 7.70. The van der Waals surface area contributed by atoms with Crippen LogP contribution >= 0.6 is 0 Å². The highest BCUT2D eigenvalue weighted by atomic mass is 16.5. The summed E-state index contributed by atoms with van der Waals surface area (Å²) in [5, 5.41) is 11.5. The number of aromatic nitrogens is 2. The van der Waals surface area contributed by atoms with Gasteiger partial charge in [0.15, 0.2) is 0 Å². The quantitative estimate of drug-likeness (QED) is 0.138. The molecule has 0 saturated carbocycles. The molecule has 0 saturated heterocycles. The molecule has 296 valence electrons. The molecule has 2 aliphatic heterocycles. The van der Waals surface area contributed by atoms with Gasteiger partial charge in [-0.25, -0.2) is 4.79 Å². The maximum absolute atomic E-state index is 13.7. The number of esters is 3. The summed E-state index contributed by atoms with van der Waals surface area (Å²) in [6.07, 6.45) is 14.5. The largest absolute Gasteiger partial charge is 0.513 e. The SMILES string of the molecule is C=CC1=C(\C)C(=C)\C=C2/N=C(/C=c3\[nH]/c(c(CCC(=O)OC)c3C)=C\c3[nH]c(c(C)c3CCC(=C)O)\C=C\1C)[C@@]1(C)C2=CC=C(C(=O)OC)[C@H]1C(=O)OC.CC. The summed E-state index contributed by atoms with van der Waals surface area (Å²) in [6.45, 7) is 26.2. The number of fused-ring (bicyclic) bond motifs is 8. The normalized spacial score (nSPS) is 23.2. The van der Waals surface area contributed by atoms with E-state index in [1.165, 1.54) is 21.3 Å². The number of rotatable bonds is 9. The number of H-pyrrole nitrogens is 2. The Kier molecular flexibility index (Phi) is 13.5. The molecule has 10 heteroatoms. The molecule has 6 bridgehead atoms. The molecule has 0 spiro atoms. The number of aliphatic hydroxyl groups is 1. The van der Waals surface area contributed by atoms with Gasteiger partial charge in [0.25, 0.3) is 0 Å². The van der Waals surface area contributed by atoms with Crippen molar-refractivity contribution in [3.8, 4) is 0 Å². The zero-order chi connectivity index (χ0) is 41.6. The molecule has 0 radical (unpaired) electrons. The van der Waals surface area contributed by atoms with Crippen LogP contribution in [0.15, 0.2) is 93.9 Å². The molecule has 2 atom stereocenters. The highest BCUT2D eigenvalue weighted by molar-refractivity contribution is 6.20. The van der Waals surface area contributed by atoms with Gasteiger partial charge in [-0.1, -0.05) is 51.8 Å². The van der Waals surface area contributed by atoms with Crippen LogP contribution in [-0.4, -0.2) is 60.0 Å². The average molecular weight is 762 g/mol. The molecule has 3 aliphatic rings. The third-order valence-electron chi connectivity index (χ3n) is 10.9. The summed E-state index contributed by atoms with van der Waals surface area (Å²) in [5.41, 5.74) is 9.72. The Morgan fingerprint density at radius 2 is 1.55 bits per heavy atom. The topological polar surface area (TPSA) is 143 Å². The summed E-state index contributed by atoms with van der Waals surface area (Å²) in [6, 6.07) is 0. The van der Waals surface area contributed by atoms with Crippen LogP contribution in [0, 0.1) is 25.2 Å². The summed E-state index contributed by atoms with van der Waals surface area (Å²) in [5.74, 6) is -2.59. The number of ether oxygens (including phenoxy) is 3. The van der Waals surface area contributed by atoms with Crippen molar-refractivity contribution in [1.82, 2.24) is 9.97 Å². The first kappa shape index (κ1) is 42.8. The second-order valence-corrected chi connectivity index (χ2v) is 14.0. The van der Waals surface area contributed by atoms with E-state index in [0.29, 0.717) is 47.2 Å². The molecule has 10 nitrogen and oxygen atoms in total. The van der Waals surface area contributed by atoms with Gasteiger partial charge in [0.05, 0.1) is 49.5 Å². The lowest BCUT2D eigenvalue weighted by Gasteiger charge is -2.37. The highest BCUT2D eigenvalue weighted by Gasteiger charge is 2.54. The van der Waals surface area contributed by atoms with Crippen molar-refractivity contribution in [2.45, 2.75) is 74.1 Å². The average Bonchev–Trinajstić information content (AvgIpc) is 3.74. The maximum atomic E-state index is 13.7. The van der Waals surface area contributed by atoms with Gasteiger partial charge in [-0.05, 0) is 122 Å². The molecule has 2 aromatic heterocycles. The van der Waals surface area contributed by atoms with Gasteiger partial charge in [0, 0.05) is 34.9 Å². The molecular formula is C46H55N3O7. The van der Waals surface area contributed by atoms with Gasteiger partial charge in [0.1, 0.15) is 5.92 Å². The number of carbonyl (C=O) groups excluding carboxylic acids is 3. The Bertz CT molecular complexity index is 2310. The van der Waals surface area contributed by atoms with E-state index in [1.807, 2.05) is 72.8 Å². The molecule has 56 heavy (non-hydrogen) atoms. The molecule has 4 heterocycles. The minimum atomic E-state index is -1.16. The van der Waals surface area contributed by atoms with E-state index in [9.17, 15) is 19.5 Å². The van der Waals surface area contributed by atoms with Crippen molar-refractivity contribution in [2.24, 2.45) is 16.3 Å². The standard InChI is InChI=1S/C44H49N3O7.C2H6/c1-12-29-24(3)20-34-27(6)30(14-13-25(4)48)36(45-34)21-37-31(16-18-40(49)52-9)28(7)35(46-37)22-39-44(8)33(38(47-39)19-23(2)26(29)5)17-15-32(42(50)53-10)41(44)43(51)54-11;1-2/h12,15,17,19-22,41,45-46,48H,1-2,4,13-14,16,18H2,3,5-11H3;1-2H3/b24-20+,29-26-,35-22-,37-21-,38-19-;/t41-,44+;/m0./s1. The van der Waals surface area contributed by atoms with Crippen LogP contribution in [0.2, 0.25) is 0 Å². The molecule has 2 aromatic rings. The summed E-state index contributed by atoms with van der Waals surface area (Å²) in [4.78, 5) is 51.7. The molecule has 3 N–H and O–H groups in total. The van der Waals surface area contributed by atoms with E-state index in [0.717, 1.165) is 55.7 Å². The molecule has 5 rings (SSSR count).